The van der Waals surface area contributed by atoms with Gasteiger partial charge in [-0.25, -0.2) is 0 Å². The van der Waals surface area contributed by atoms with Crippen LogP contribution >= 0.6 is 24.0 Å². The van der Waals surface area contributed by atoms with Crippen LogP contribution < -0.4 is 15.4 Å². The van der Waals surface area contributed by atoms with Crippen molar-refractivity contribution in [1.29, 1.82) is 0 Å². The molecule has 0 aliphatic carbocycles. The van der Waals surface area contributed by atoms with Gasteiger partial charge in [-0.1, -0.05) is 31.2 Å². The minimum absolute atomic E-state index is 0. The molecule has 0 bridgehead atoms. The number of rotatable bonds is 9. The van der Waals surface area contributed by atoms with Gasteiger partial charge >= 0.3 is 0 Å². The van der Waals surface area contributed by atoms with Crippen LogP contribution in [0.15, 0.2) is 41.4 Å². The third-order valence-electron chi connectivity index (χ3n) is 4.72. The van der Waals surface area contributed by atoms with E-state index in [0.29, 0.717) is 6.04 Å². The summed E-state index contributed by atoms with van der Waals surface area (Å²) in [6, 6.07) is 8.85. The zero-order valence-electron chi connectivity index (χ0n) is 17.7. The van der Waals surface area contributed by atoms with Gasteiger partial charge in [0, 0.05) is 39.3 Å². The highest BCUT2D eigenvalue weighted by atomic mass is 127. The highest BCUT2D eigenvalue weighted by molar-refractivity contribution is 14.0. The number of piperidine rings is 1. The normalized spacial score (nSPS) is 15.6. The molecule has 0 saturated carbocycles. The molecule has 28 heavy (non-hydrogen) atoms. The van der Waals surface area contributed by atoms with Gasteiger partial charge in [0.2, 0.25) is 0 Å². The zero-order chi connectivity index (χ0) is 19.5. The van der Waals surface area contributed by atoms with Crippen molar-refractivity contribution in [3.63, 3.8) is 0 Å². The fourth-order valence-electron chi connectivity index (χ4n) is 3.34. The molecular weight excluding hydrogens is 463 g/mol. The van der Waals surface area contributed by atoms with Crippen LogP contribution in [0, 0.1) is 0 Å². The van der Waals surface area contributed by atoms with Crippen molar-refractivity contribution in [3.8, 4) is 5.75 Å². The summed E-state index contributed by atoms with van der Waals surface area (Å²) < 4.78 is 5.71. The monoisotopic (exact) mass is 500 g/mol. The van der Waals surface area contributed by atoms with Gasteiger partial charge in [0.05, 0.1) is 6.61 Å². The molecule has 1 aromatic rings. The van der Waals surface area contributed by atoms with Gasteiger partial charge < -0.3 is 15.4 Å². The predicted octanol–water partition coefficient (Wildman–Crippen LogP) is 3.84. The SMILES string of the molecule is C=C(C)CN1CCC(NC(=NC)NCCc2cccc(OCCC)c2)CC1.I. The fraction of sp³-hybridized carbons (Fsp3) is 0.591. The van der Waals surface area contributed by atoms with Gasteiger partial charge in [-0.05, 0) is 50.3 Å². The van der Waals surface area contributed by atoms with Crippen molar-refractivity contribution in [1.82, 2.24) is 15.5 Å². The Morgan fingerprint density at radius 2 is 2.07 bits per heavy atom. The predicted molar refractivity (Wildman–Crippen MR) is 130 cm³/mol. The third-order valence-corrected chi connectivity index (χ3v) is 4.72. The first-order chi connectivity index (χ1) is 13.1. The Bertz CT molecular complexity index is 612. The van der Waals surface area contributed by atoms with Crippen LogP contribution in [0.2, 0.25) is 0 Å². The Kier molecular flexibility index (Phi) is 12.2. The quantitative estimate of drug-likeness (QED) is 0.234. The van der Waals surface area contributed by atoms with Crippen LogP contribution in [0.1, 0.15) is 38.7 Å². The third kappa shape index (κ3) is 9.28. The molecule has 1 saturated heterocycles. The lowest BCUT2D eigenvalue weighted by Gasteiger charge is -2.33. The van der Waals surface area contributed by atoms with Crippen LogP contribution in [0.4, 0.5) is 0 Å². The van der Waals surface area contributed by atoms with Crippen molar-refractivity contribution in [2.45, 2.75) is 45.6 Å². The fourth-order valence-corrected chi connectivity index (χ4v) is 3.34. The van der Waals surface area contributed by atoms with Crippen molar-refractivity contribution in [3.05, 3.63) is 42.0 Å². The molecule has 0 unspecified atom stereocenters. The number of aliphatic imine (C=N–C) groups is 1. The first-order valence-corrected chi connectivity index (χ1v) is 10.2. The topological polar surface area (TPSA) is 48.9 Å². The van der Waals surface area contributed by atoms with Gasteiger partial charge in [-0.15, -0.1) is 24.0 Å². The van der Waals surface area contributed by atoms with E-state index in [9.17, 15) is 0 Å². The summed E-state index contributed by atoms with van der Waals surface area (Å²) in [7, 11) is 1.84. The Morgan fingerprint density at radius 1 is 1.32 bits per heavy atom. The van der Waals surface area contributed by atoms with E-state index in [1.807, 2.05) is 13.1 Å². The van der Waals surface area contributed by atoms with E-state index < -0.39 is 0 Å². The number of hydrogen-bond donors (Lipinski definition) is 2. The first kappa shape index (κ1) is 24.8. The highest BCUT2D eigenvalue weighted by Gasteiger charge is 2.19. The van der Waals surface area contributed by atoms with E-state index in [2.05, 4.69) is 59.2 Å². The average Bonchev–Trinajstić information content (AvgIpc) is 2.67. The number of guanidine groups is 1. The van der Waals surface area contributed by atoms with Crippen molar-refractivity contribution < 1.29 is 4.74 Å². The molecule has 2 N–H and O–H groups in total. The van der Waals surface area contributed by atoms with Gasteiger partial charge in [0.1, 0.15) is 5.75 Å². The summed E-state index contributed by atoms with van der Waals surface area (Å²) >= 11 is 0. The second-order valence-corrected chi connectivity index (χ2v) is 7.40. The Balaban J connectivity index is 0.00000392. The standard InChI is InChI=1S/C22H36N4O.HI/c1-5-15-27-21-8-6-7-19(16-21)9-12-24-22(23-4)25-20-10-13-26(14-11-20)17-18(2)3;/h6-8,16,20H,2,5,9-15,17H2,1,3-4H3,(H2,23,24,25);1H. The van der Waals surface area contributed by atoms with Crippen LogP contribution in [0.25, 0.3) is 0 Å². The molecule has 6 heteroatoms. The molecule has 2 rings (SSSR count). The van der Waals surface area contributed by atoms with E-state index in [0.717, 1.165) is 70.2 Å². The maximum atomic E-state index is 5.71. The molecule has 1 fully saturated rings. The van der Waals surface area contributed by atoms with Crippen LogP contribution in [-0.2, 0) is 6.42 Å². The number of benzene rings is 1. The number of ether oxygens (including phenoxy) is 1. The first-order valence-electron chi connectivity index (χ1n) is 10.2. The number of halogens is 1. The Morgan fingerprint density at radius 3 is 2.71 bits per heavy atom. The largest absolute Gasteiger partial charge is 0.494 e. The van der Waals surface area contributed by atoms with Gasteiger partial charge in [-0.3, -0.25) is 9.89 Å². The smallest absolute Gasteiger partial charge is 0.191 e. The number of hydrogen-bond acceptors (Lipinski definition) is 3. The molecule has 0 atom stereocenters. The highest BCUT2D eigenvalue weighted by Crippen LogP contribution is 2.14. The maximum absolute atomic E-state index is 5.71. The summed E-state index contributed by atoms with van der Waals surface area (Å²) in [5, 5.41) is 7.01. The van der Waals surface area contributed by atoms with Crippen LogP contribution in [0.3, 0.4) is 0 Å². The maximum Gasteiger partial charge on any atom is 0.191 e. The van der Waals surface area contributed by atoms with Crippen molar-refractivity contribution in [2.24, 2.45) is 4.99 Å². The molecule has 1 aliphatic heterocycles. The lowest BCUT2D eigenvalue weighted by molar-refractivity contribution is 0.221. The number of nitrogens with zero attached hydrogens (tertiary/aromatic N) is 2. The molecule has 1 aliphatic rings. The minimum atomic E-state index is 0. The van der Waals surface area contributed by atoms with Gasteiger partial charge in [-0.2, -0.15) is 0 Å². The summed E-state index contributed by atoms with van der Waals surface area (Å²) in [5.41, 5.74) is 2.52. The molecule has 1 aromatic carbocycles. The minimum Gasteiger partial charge on any atom is -0.494 e. The van der Waals surface area contributed by atoms with E-state index in [1.165, 1.54) is 11.1 Å². The van der Waals surface area contributed by atoms with E-state index in [1.54, 1.807) is 0 Å². The zero-order valence-corrected chi connectivity index (χ0v) is 20.0. The molecule has 1 heterocycles. The van der Waals surface area contributed by atoms with Crippen LogP contribution in [0.5, 0.6) is 5.75 Å². The van der Waals surface area contributed by atoms with E-state index in [-0.39, 0.29) is 24.0 Å². The van der Waals surface area contributed by atoms with Gasteiger partial charge in [0.15, 0.2) is 5.96 Å². The number of likely N-dealkylation sites (tertiary alicyclic amines) is 1. The summed E-state index contributed by atoms with van der Waals surface area (Å²) in [4.78, 5) is 6.86. The molecule has 158 valence electrons. The Labute approximate surface area is 188 Å². The molecular formula is C22H37IN4O. The lowest BCUT2D eigenvalue weighted by Crippen LogP contribution is -2.49. The second kappa shape index (κ2) is 13.8. The molecule has 0 amide bonds. The number of nitrogens with one attached hydrogen (secondary N) is 2. The Hall–Kier alpha value is -1.28. The van der Waals surface area contributed by atoms with Crippen molar-refractivity contribution in [2.75, 3.05) is 39.8 Å². The molecule has 0 radical (unpaired) electrons. The van der Waals surface area contributed by atoms with Gasteiger partial charge in [0.25, 0.3) is 0 Å². The molecule has 0 spiro atoms. The lowest BCUT2D eigenvalue weighted by atomic mass is 10.0. The van der Waals surface area contributed by atoms with Crippen molar-refractivity contribution >= 4 is 29.9 Å². The summed E-state index contributed by atoms with van der Waals surface area (Å²) in [6.07, 6.45) is 4.26. The van der Waals surface area contributed by atoms with E-state index in [4.69, 9.17) is 4.74 Å². The average molecular weight is 500 g/mol. The summed E-state index contributed by atoms with van der Waals surface area (Å²) in [5.74, 6) is 1.85. The summed E-state index contributed by atoms with van der Waals surface area (Å²) in [6.45, 7) is 13.1. The molecule has 0 aromatic heterocycles. The van der Waals surface area contributed by atoms with Crippen LogP contribution in [-0.4, -0.2) is 56.7 Å². The van der Waals surface area contributed by atoms with E-state index >= 15 is 0 Å². The second-order valence-electron chi connectivity index (χ2n) is 7.40. The molecule has 5 nitrogen and oxygen atoms in total.